The molecule has 0 saturated carbocycles. The average molecular weight is 235 g/mol. The molecule has 0 aliphatic rings. The molecular weight excluding hydrogens is 226 g/mol. The normalized spacial score (nSPS) is 10.2. The number of nitrogens with one attached hydrogen (secondary N) is 4. The average Bonchev–Trinajstić information content (AvgIpc) is 2.70. The molecular formula is C9H9N5O3. The molecule has 0 bridgehead atoms. The summed E-state index contributed by atoms with van der Waals surface area (Å²) >= 11 is 0. The molecule has 8 heteroatoms. The van der Waals surface area contributed by atoms with Crippen molar-refractivity contribution in [3.8, 4) is 0 Å². The van der Waals surface area contributed by atoms with Gasteiger partial charge in [0, 0.05) is 11.8 Å². The van der Waals surface area contributed by atoms with Crippen LogP contribution in [0, 0.1) is 6.92 Å². The molecule has 17 heavy (non-hydrogen) atoms. The molecule has 0 spiro atoms. The van der Waals surface area contributed by atoms with Crippen LogP contribution >= 0.6 is 0 Å². The number of H-pyrrole nitrogens is 3. The number of carbonyl (C=O) groups excluding carboxylic acids is 1. The van der Waals surface area contributed by atoms with Gasteiger partial charge in [-0.05, 0) is 13.0 Å². The SMILES string of the molecule is Cc1cc(NC(=O)c2n[nH]c(=O)[nH]2)c[nH]c1=O. The number of nitrogens with zero attached hydrogens (tertiary/aromatic N) is 1. The van der Waals surface area contributed by atoms with Crippen LogP contribution in [0.3, 0.4) is 0 Å². The van der Waals surface area contributed by atoms with Crippen molar-refractivity contribution < 1.29 is 4.79 Å². The molecule has 2 rings (SSSR count). The zero-order chi connectivity index (χ0) is 12.4. The molecule has 8 nitrogen and oxygen atoms in total. The molecule has 0 unspecified atom stereocenters. The number of carbonyl (C=O) groups is 1. The highest BCUT2D eigenvalue weighted by atomic mass is 16.2. The zero-order valence-electron chi connectivity index (χ0n) is 8.83. The highest BCUT2D eigenvalue weighted by Crippen LogP contribution is 2.05. The Morgan fingerprint density at radius 3 is 2.76 bits per heavy atom. The third kappa shape index (κ3) is 2.30. The van der Waals surface area contributed by atoms with Gasteiger partial charge < -0.3 is 10.3 Å². The summed E-state index contributed by atoms with van der Waals surface area (Å²) in [6, 6.07) is 1.52. The molecule has 0 atom stereocenters. The van der Waals surface area contributed by atoms with Crippen LogP contribution in [0.25, 0.3) is 0 Å². The maximum absolute atomic E-state index is 11.6. The van der Waals surface area contributed by atoms with E-state index in [2.05, 4.69) is 25.5 Å². The quantitative estimate of drug-likeness (QED) is 0.552. The molecule has 0 aliphatic heterocycles. The Kier molecular flexibility index (Phi) is 2.61. The van der Waals surface area contributed by atoms with Crippen molar-refractivity contribution in [2.24, 2.45) is 0 Å². The van der Waals surface area contributed by atoms with E-state index in [0.717, 1.165) is 0 Å². The number of aryl methyl sites for hydroxylation is 1. The van der Waals surface area contributed by atoms with Gasteiger partial charge in [-0.2, -0.15) is 0 Å². The fourth-order valence-corrected chi connectivity index (χ4v) is 1.24. The van der Waals surface area contributed by atoms with Gasteiger partial charge >= 0.3 is 5.69 Å². The van der Waals surface area contributed by atoms with Gasteiger partial charge in [0.25, 0.3) is 11.5 Å². The van der Waals surface area contributed by atoms with Gasteiger partial charge in [0.15, 0.2) is 0 Å². The van der Waals surface area contributed by atoms with Gasteiger partial charge in [0.1, 0.15) is 0 Å². The highest BCUT2D eigenvalue weighted by molar-refractivity contribution is 6.01. The van der Waals surface area contributed by atoms with E-state index in [9.17, 15) is 14.4 Å². The predicted molar refractivity (Wildman–Crippen MR) is 59.0 cm³/mol. The van der Waals surface area contributed by atoms with Gasteiger partial charge in [0.2, 0.25) is 5.82 Å². The second-order valence-electron chi connectivity index (χ2n) is 3.38. The smallest absolute Gasteiger partial charge is 0.327 e. The van der Waals surface area contributed by atoms with Crippen molar-refractivity contribution in [1.29, 1.82) is 0 Å². The number of pyridine rings is 1. The van der Waals surface area contributed by atoms with Crippen LogP contribution in [-0.4, -0.2) is 26.1 Å². The standard InChI is InChI=1S/C9H9N5O3/c1-4-2-5(3-10-7(4)15)11-8(16)6-12-9(17)14-13-6/h2-3H,1H3,(H,10,15)(H,11,16)(H2,12,13,14,17). The van der Waals surface area contributed by atoms with Crippen LogP contribution in [-0.2, 0) is 0 Å². The monoisotopic (exact) mass is 235 g/mol. The van der Waals surface area contributed by atoms with Gasteiger partial charge in [-0.15, -0.1) is 5.10 Å². The maximum atomic E-state index is 11.6. The summed E-state index contributed by atoms with van der Waals surface area (Å²) in [6.45, 7) is 1.62. The maximum Gasteiger partial charge on any atom is 0.341 e. The molecule has 0 aromatic carbocycles. The number of hydrogen-bond donors (Lipinski definition) is 4. The fourth-order valence-electron chi connectivity index (χ4n) is 1.24. The molecule has 0 aliphatic carbocycles. The van der Waals surface area contributed by atoms with E-state index in [0.29, 0.717) is 11.3 Å². The van der Waals surface area contributed by atoms with Gasteiger partial charge in [-0.3, -0.25) is 14.6 Å². The Morgan fingerprint density at radius 2 is 2.18 bits per heavy atom. The lowest BCUT2D eigenvalue weighted by Gasteiger charge is -2.02. The Hall–Kier alpha value is -2.64. The van der Waals surface area contributed by atoms with Gasteiger partial charge in [-0.1, -0.05) is 0 Å². The predicted octanol–water partition coefficient (Wildman–Crippen LogP) is -0.653. The number of anilines is 1. The Bertz CT molecular complexity index is 666. The summed E-state index contributed by atoms with van der Waals surface area (Å²) in [5.74, 6) is -0.700. The first-order valence-corrected chi connectivity index (χ1v) is 4.71. The Morgan fingerprint density at radius 1 is 1.41 bits per heavy atom. The number of aromatic nitrogens is 4. The lowest BCUT2D eigenvalue weighted by molar-refractivity contribution is 0.101. The first-order chi connectivity index (χ1) is 8.06. The molecule has 0 radical (unpaired) electrons. The minimum absolute atomic E-state index is 0.126. The van der Waals surface area contributed by atoms with Gasteiger partial charge in [0.05, 0.1) is 5.69 Å². The van der Waals surface area contributed by atoms with E-state index < -0.39 is 11.6 Å². The van der Waals surface area contributed by atoms with Crippen molar-refractivity contribution in [2.45, 2.75) is 6.92 Å². The third-order valence-corrected chi connectivity index (χ3v) is 2.06. The van der Waals surface area contributed by atoms with Crippen molar-refractivity contribution in [2.75, 3.05) is 5.32 Å². The lowest BCUT2D eigenvalue weighted by Crippen LogP contribution is -2.17. The van der Waals surface area contributed by atoms with E-state index in [1.54, 1.807) is 6.92 Å². The van der Waals surface area contributed by atoms with Crippen molar-refractivity contribution in [1.82, 2.24) is 20.2 Å². The second-order valence-corrected chi connectivity index (χ2v) is 3.38. The van der Waals surface area contributed by atoms with Crippen LogP contribution in [0.4, 0.5) is 5.69 Å². The first kappa shape index (κ1) is 10.9. The zero-order valence-corrected chi connectivity index (χ0v) is 8.83. The van der Waals surface area contributed by atoms with Gasteiger partial charge in [-0.25, -0.2) is 9.89 Å². The second kappa shape index (κ2) is 4.08. The topological polar surface area (TPSA) is 123 Å². The summed E-state index contributed by atoms with van der Waals surface area (Å²) in [5, 5.41) is 8.03. The molecule has 1 amide bonds. The first-order valence-electron chi connectivity index (χ1n) is 4.71. The summed E-state index contributed by atoms with van der Waals surface area (Å²) in [5.41, 5.74) is 0.0956. The van der Waals surface area contributed by atoms with Crippen LogP contribution in [0.15, 0.2) is 21.9 Å². The van der Waals surface area contributed by atoms with Crippen LogP contribution < -0.4 is 16.6 Å². The van der Waals surface area contributed by atoms with E-state index in [-0.39, 0.29) is 11.4 Å². The summed E-state index contributed by atoms with van der Waals surface area (Å²) < 4.78 is 0. The van der Waals surface area contributed by atoms with Crippen molar-refractivity contribution in [3.05, 3.63) is 44.5 Å². The van der Waals surface area contributed by atoms with Crippen LogP contribution in [0.1, 0.15) is 16.2 Å². The minimum Gasteiger partial charge on any atom is -0.327 e. The Labute approximate surface area is 94.1 Å². The Balaban J connectivity index is 2.21. The highest BCUT2D eigenvalue weighted by Gasteiger charge is 2.10. The van der Waals surface area contributed by atoms with E-state index in [1.807, 2.05) is 0 Å². The minimum atomic E-state index is -0.574. The van der Waals surface area contributed by atoms with Crippen LogP contribution in [0.2, 0.25) is 0 Å². The largest absolute Gasteiger partial charge is 0.341 e. The number of amides is 1. The van der Waals surface area contributed by atoms with Crippen molar-refractivity contribution >= 4 is 11.6 Å². The van der Waals surface area contributed by atoms with E-state index in [1.165, 1.54) is 12.3 Å². The molecule has 0 saturated heterocycles. The van der Waals surface area contributed by atoms with Crippen molar-refractivity contribution in [3.63, 3.8) is 0 Å². The van der Waals surface area contributed by atoms with Crippen LogP contribution in [0.5, 0.6) is 0 Å². The third-order valence-electron chi connectivity index (χ3n) is 2.06. The summed E-state index contributed by atoms with van der Waals surface area (Å²) in [6.07, 6.45) is 1.36. The summed E-state index contributed by atoms with van der Waals surface area (Å²) in [4.78, 5) is 38.1. The van der Waals surface area contributed by atoms with E-state index >= 15 is 0 Å². The number of aromatic amines is 3. The fraction of sp³-hybridized carbons (Fsp3) is 0.111. The molecule has 2 aromatic heterocycles. The molecule has 2 aromatic rings. The van der Waals surface area contributed by atoms with E-state index in [4.69, 9.17) is 0 Å². The molecule has 4 N–H and O–H groups in total. The molecule has 0 fully saturated rings. The number of hydrogen-bond acceptors (Lipinski definition) is 4. The summed E-state index contributed by atoms with van der Waals surface area (Å²) in [7, 11) is 0. The molecule has 88 valence electrons. The lowest BCUT2D eigenvalue weighted by atomic mass is 10.3. The molecule has 2 heterocycles. The number of rotatable bonds is 2.